The second-order valence-corrected chi connectivity index (χ2v) is 32.9. The van der Waals surface area contributed by atoms with Crippen molar-refractivity contribution in [1.29, 1.82) is 0 Å². The minimum absolute atomic E-state index is 0.109. The van der Waals surface area contributed by atoms with E-state index in [1.54, 1.807) is 0 Å². The van der Waals surface area contributed by atoms with E-state index in [9.17, 15) is 43.2 Å². The number of rotatable bonds is 82. The zero-order valence-electron chi connectivity index (χ0n) is 66.1. The van der Waals surface area contributed by atoms with Gasteiger partial charge in [-0.25, -0.2) is 9.13 Å². The highest BCUT2D eigenvalue weighted by molar-refractivity contribution is 7.47. The number of aliphatic hydroxyl groups excluding tert-OH is 1. The Labute approximate surface area is 619 Å². The number of hydrogen-bond acceptors (Lipinski definition) is 15. The van der Waals surface area contributed by atoms with Gasteiger partial charge < -0.3 is 33.8 Å². The first-order valence-corrected chi connectivity index (χ1v) is 45.6. The molecule has 0 spiro atoms. The minimum atomic E-state index is -4.96. The normalized spacial score (nSPS) is 13.8. The molecule has 0 aromatic heterocycles. The van der Waals surface area contributed by atoms with E-state index in [4.69, 9.17) is 37.0 Å². The summed E-state index contributed by atoms with van der Waals surface area (Å²) in [5.74, 6) is -1.29. The number of carbonyl (C=O) groups excluding carboxylic acids is 4. The average Bonchev–Trinajstić information content (AvgIpc) is 0.945. The van der Waals surface area contributed by atoms with E-state index in [0.29, 0.717) is 25.7 Å². The highest BCUT2D eigenvalue weighted by Gasteiger charge is 2.30. The zero-order valence-corrected chi connectivity index (χ0v) is 67.8. The monoisotopic (exact) mass is 1480 g/mol. The van der Waals surface area contributed by atoms with Crippen molar-refractivity contribution in [2.45, 2.75) is 457 Å². The van der Waals surface area contributed by atoms with Gasteiger partial charge in [0.2, 0.25) is 0 Å². The van der Waals surface area contributed by atoms with Crippen LogP contribution in [0.1, 0.15) is 439 Å². The van der Waals surface area contributed by atoms with Crippen LogP contribution in [0.3, 0.4) is 0 Å². The van der Waals surface area contributed by atoms with Crippen molar-refractivity contribution in [1.82, 2.24) is 0 Å². The van der Waals surface area contributed by atoms with E-state index >= 15 is 0 Å². The van der Waals surface area contributed by atoms with Crippen LogP contribution < -0.4 is 0 Å². The summed E-state index contributed by atoms with van der Waals surface area (Å²) in [6.07, 6.45) is 66.5. The van der Waals surface area contributed by atoms with E-state index in [1.165, 1.54) is 263 Å². The SMILES string of the molecule is CCCCCCCCCCCCCCCCCCCC(=O)OC[C@H](COP(=O)(O)OC[C@@H](O)COP(=O)(O)OC[C@@H](COC(=O)CCCCCCCCCCCCC)OC(=O)CCCCCCCCCCCCCCCC)OC(=O)CCCCCCCCCCCCCCCCCCC(C)C. The van der Waals surface area contributed by atoms with E-state index in [2.05, 4.69) is 34.6 Å². The van der Waals surface area contributed by atoms with Gasteiger partial charge in [0.15, 0.2) is 12.2 Å². The highest BCUT2D eigenvalue weighted by Crippen LogP contribution is 2.45. The molecule has 0 aromatic rings. The van der Waals surface area contributed by atoms with E-state index in [-0.39, 0.29) is 25.7 Å². The first-order chi connectivity index (χ1) is 49.0. The van der Waals surface area contributed by atoms with Crippen molar-refractivity contribution in [3.63, 3.8) is 0 Å². The van der Waals surface area contributed by atoms with Crippen molar-refractivity contribution in [2.75, 3.05) is 39.6 Å². The summed E-state index contributed by atoms with van der Waals surface area (Å²) >= 11 is 0. The molecule has 0 aliphatic carbocycles. The molecule has 19 heteroatoms. The first-order valence-electron chi connectivity index (χ1n) is 42.6. The third kappa shape index (κ3) is 76.1. The number of hydrogen-bond donors (Lipinski definition) is 3. The molecule has 0 saturated carbocycles. The summed E-state index contributed by atoms with van der Waals surface area (Å²) in [4.78, 5) is 73.1. The van der Waals surface area contributed by atoms with Crippen LogP contribution in [0.4, 0.5) is 0 Å². The van der Waals surface area contributed by atoms with Crippen LogP contribution >= 0.6 is 15.6 Å². The van der Waals surface area contributed by atoms with Crippen LogP contribution in [0.2, 0.25) is 0 Å². The number of aliphatic hydroxyl groups is 1. The predicted octanol–water partition coefficient (Wildman–Crippen LogP) is 24.8. The van der Waals surface area contributed by atoms with Gasteiger partial charge in [-0.2, -0.15) is 0 Å². The third-order valence-electron chi connectivity index (χ3n) is 19.3. The minimum Gasteiger partial charge on any atom is -0.462 e. The van der Waals surface area contributed by atoms with E-state index in [1.807, 2.05) is 0 Å². The predicted molar refractivity (Wildman–Crippen MR) is 414 cm³/mol. The topological polar surface area (TPSA) is 237 Å². The van der Waals surface area contributed by atoms with E-state index in [0.717, 1.165) is 95.8 Å². The van der Waals surface area contributed by atoms with Crippen molar-refractivity contribution >= 4 is 39.5 Å². The maximum Gasteiger partial charge on any atom is 0.472 e. The zero-order chi connectivity index (χ0) is 74.1. The lowest BCUT2D eigenvalue weighted by atomic mass is 10.0. The van der Waals surface area contributed by atoms with Gasteiger partial charge >= 0.3 is 39.5 Å². The maximum absolute atomic E-state index is 13.1. The number of esters is 4. The number of ether oxygens (including phenoxy) is 4. The lowest BCUT2D eigenvalue weighted by molar-refractivity contribution is -0.161. The van der Waals surface area contributed by atoms with Crippen molar-refractivity contribution in [2.24, 2.45) is 5.92 Å². The van der Waals surface area contributed by atoms with Gasteiger partial charge in [0.05, 0.1) is 26.4 Å². The number of phosphoric ester groups is 2. The molecule has 3 N–H and O–H groups in total. The molecule has 0 heterocycles. The quantitative estimate of drug-likeness (QED) is 0.0222. The Hall–Kier alpha value is -1.94. The Morgan fingerprint density at radius 1 is 0.267 bits per heavy atom. The molecule has 0 fully saturated rings. The van der Waals surface area contributed by atoms with Gasteiger partial charge in [-0.3, -0.25) is 37.3 Å². The summed E-state index contributed by atoms with van der Waals surface area (Å²) in [5, 5.41) is 10.7. The Bertz CT molecular complexity index is 1930. The summed E-state index contributed by atoms with van der Waals surface area (Å²) < 4.78 is 68.8. The molecule has 2 unspecified atom stereocenters. The fourth-order valence-corrected chi connectivity index (χ4v) is 14.3. The van der Waals surface area contributed by atoms with Gasteiger partial charge in [-0.15, -0.1) is 0 Å². The van der Waals surface area contributed by atoms with Gasteiger partial charge in [0, 0.05) is 25.7 Å². The molecule has 0 rings (SSSR count). The molecule has 0 amide bonds. The standard InChI is InChI=1S/C82H160O17P2/c1-6-9-12-15-18-21-24-26-28-29-33-37-41-46-51-56-61-66-80(85)93-72-78(99-82(87)68-63-58-53-48-43-38-34-31-30-32-35-40-44-49-54-59-64-75(4)5)74-97-101(90,91)95-70-76(83)69-94-100(88,89)96-73-77(71-92-79(84)65-60-55-50-45-39-23-20-17-14-11-8-3)98-81(86)67-62-57-52-47-42-36-27-25-22-19-16-13-10-7-2/h75-78,83H,6-74H2,1-5H3,(H,88,89)(H,90,91)/t76-,77+,78+/m0/s1. The second kappa shape index (κ2) is 74.9. The van der Waals surface area contributed by atoms with Gasteiger partial charge in [-0.1, -0.05) is 388 Å². The molecule has 0 aromatic carbocycles. The molecular formula is C82H160O17P2. The molecule has 0 bridgehead atoms. The molecule has 600 valence electrons. The Morgan fingerprint density at radius 2 is 0.455 bits per heavy atom. The van der Waals surface area contributed by atoms with Crippen molar-refractivity contribution in [3.05, 3.63) is 0 Å². The maximum atomic E-state index is 13.1. The fraction of sp³-hybridized carbons (Fsp3) is 0.951. The van der Waals surface area contributed by atoms with Gasteiger partial charge in [0.25, 0.3) is 0 Å². The third-order valence-corrected chi connectivity index (χ3v) is 21.2. The molecule has 0 aliphatic heterocycles. The lowest BCUT2D eigenvalue weighted by Gasteiger charge is -2.21. The van der Waals surface area contributed by atoms with Gasteiger partial charge in [-0.05, 0) is 31.6 Å². The largest absolute Gasteiger partial charge is 0.472 e. The summed E-state index contributed by atoms with van der Waals surface area (Å²) in [6, 6.07) is 0. The Morgan fingerprint density at radius 3 is 0.673 bits per heavy atom. The molecule has 5 atom stereocenters. The highest BCUT2D eigenvalue weighted by atomic mass is 31.2. The molecule has 17 nitrogen and oxygen atoms in total. The molecule has 101 heavy (non-hydrogen) atoms. The number of phosphoric acid groups is 2. The van der Waals surface area contributed by atoms with Crippen LogP contribution in [0.15, 0.2) is 0 Å². The molecular weight excluding hydrogens is 1320 g/mol. The molecule has 0 radical (unpaired) electrons. The van der Waals surface area contributed by atoms with Crippen LogP contribution in [-0.4, -0.2) is 96.7 Å². The van der Waals surface area contributed by atoms with Gasteiger partial charge in [0.1, 0.15) is 19.3 Å². The summed E-state index contributed by atoms with van der Waals surface area (Å²) in [6.45, 7) is 7.37. The smallest absolute Gasteiger partial charge is 0.462 e. The van der Waals surface area contributed by atoms with Crippen molar-refractivity contribution < 1.29 is 80.2 Å². The van der Waals surface area contributed by atoms with Crippen LogP contribution in [0, 0.1) is 5.92 Å². The summed E-state index contributed by atoms with van der Waals surface area (Å²) in [7, 11) is -9.92. The van der Waals surface area contributed by atoms with Crippen molar-refractivity contribution in [3.8, 4) is 0 Å². The average molecular weight is 1480 g/mol. The molecule has 0 saturated heterocycles. The Balaban J connectivity index is 5.24. The fourth-order valence-electron chi connectivity index (χ4n) is 12.8. The number of carbonyl (C=O) groups is 4. The molecule has 0 aliphatic rings. The number of unbranched alkanes of at least 4 members (excludes halogenated alkanes) is 54. The lowest BCUT2D eigenvalue weighted by Crippen LogP contribution is -2.30. The summed E-state index contributed by atoms with van der Waals surface area (Å²) in [5.41, 5.74) is 0. The second-order valence-electron chi connectivity index (χ2n) is 30.0. The van der Waals surface area contributed by atoms with Crippen LogP contribution in [0.5, 0.6) is 0 Å². The first kappa shape index (κ1) is 99.1. The van der Waals surface area contributed by atoms with Crippen LogP contribution in [0.25, 0.3) is 0 Å². The Kier molecular flexibility index (Phi) is 73.5. The van der Waals surface area contributed by atoms with E-state index < -0.39 is 97.5 Å². The van der Waals surface area contributed by atoms with Crippen LogP contribution in [-0.2, 0) is 65.4 Å².